The SMILES string of the molecule is CSc1nc2sc3c(c2c(=O)n1-c1cccc(C(F)(F)F)c1)CCCC3. The van der Waals surface area contributed by atoms with Crippen LogP contribution in [0.15, 0.2) is 34.2 Å². The van der Waals surface area contributed by atoms with Crippen molar-refractivity contribution in [3.8, 4) is 5.69 Å². The molecule has 0 unspecified atom stereocenters. The van der Waals surface area contributed by atoms with Gasteiger partial charge >= 0.3 is 6.18 Å². The lowest BCUT2D eigenvalue weighted by molar-refractivity contribution is -0.137. The van der Waals surface area contributed by atoms with Crippen LogP contribution in [0.4, 0.5) is 13.2 Å². The minimum absolute atomic E-state index is 0.194. The number of benzene rings is 1. The summed E-state index contributed by atoms with van der Waals surface area (Å²) in [6.45, 7) is 0. The van der Waals surface area contributed by atoms with E-state index >= 15 is 0 Å². The summed E-state index contributed by atoms with van der Waals surface area (Å²) in [5.74, 6) is 0. The molecule has 0 atom stereocenters. The second kappa shape index (κ2) is 6.42. The fourth-order valence-electron chi connectivity index (χ4n) is 3.37. The highest BCUT2D eigenvalue weighted by atomic mass is 32.2. The molecule has 3 nitrogen and oxygen atoms in total. The molecule has 1 aliphatic rings. The van der Waals surface area contributed by atoms with Gasteiger partial charge in [0.1, 0.15) is 4.83 Å². The van der Waals surface area contributed by atoms with Gasteiger partial charge in [0.25, 0.3) is 5.56 Å². The van der Waals surface area contributed by atoms with E-state index < -0.39 is 11.7 Å². The molecule has 1 aromatic carbocycles. The van der Waals surface area contributed by atoms with Crippen molar-refractivity contribution in [2.45, 2.75) is 37.0 Å². The van der Waals surface area contributed by atoms with E-state index in [4.69, 9.17) is 0 Å². The van der Waals surface area contributed by atoms with Crippen LogP contribution in [0.25, 0.3) is 15.9 Å². The first-order chi connectivity index (χ1) is 12.4. The van der Waals surface area contributed by atoms with Gasteiger partial charge in [0.2, 0.25) is 0 Å². The van der Waals surface area contributed by atoms with Crippen molar-refractivity contribution in [2.24, 2.45) is 0 Å². The monoisotopic (exact) mass is 396 g/mol. The van der Waals surface area contributed by atoms with E-state index in [9.17, 15) is 18.0 Å². The molecule has 0 N–H and O–H groups in total. The van der Waals surface area contributed by atoms with Crippen molar-refractivity contribution < 1.29 is 13.2 Å². The van der Waals surface area contributed by atoms with Gasteiger partial charge < -0.3 is 0 Å². The highest BCUT2D eigenvalue weighted by molar-refractivity contribution is 7.98. The van der Waals surface area contributed by atoms with E-state index in [1.807, 2.05) is 0 Å². The first kappa shape index (κ1) is 17.6. The van der Waals surface area contributed by atoms with Crippen molar-refractivity contribution in [3.63, 3.8) is 0 Å². The molecule has 0 bridgehead atoms. The Kier molecular flexibility index (Phi) is 4.35. The van der Waals surface area contributed by atoms with E-state index in [1.165, 1.54) is 44.7 Å². The van der Waals surface area contributed by atoms with E-state index in [1.54, 1.807) is 6.26 Å². The summed E-state index contributed by atoms with van der Waals surface area (Å²) in [5, 5.41) is 0.973. The predicted octanol–water partition coefficient (Wildman–Crippen LogP) is 5.07. The Bertz CT molecular complexity index is 1050. The Morgan fingerprint density at radius 1 is 1.23 bits per heavy atom. The number of aryl methyl sites for hydroxylation is 2. The lowest BCUT2D eigenvalue weighted by Crippen LogP contribution is -2.22. The average molecular weight is 396 g/mol. The normalized spacial score (nSPS) is 14.6. The zero-order valence-electron chi connectivity index (χ0n) is 13.9. The number of halogens is 3. The number of hydrogen-bond donors (Lipinski definition) is 0. The number of fused-ring (bicyclic) bond motifs is 3. The Hall–Kier alpha value is -1.80. The molecular weight excluding hydrogens is 381 g/mol. The summed E-state index contributed by atoms with van der Waals surface area (Å²) in [5.41, 5.74) is 0.168. The van der Waals surface area contributed by atoms with Crippen molar-refractivity contribution in [1.29, 1.82) is 0 Å². The minimum Gasteiger partial charge on any atom is -0.268 e. The summed E-state index contributed by atoms with van der Waals surface area (Å²) in [6.07, 6.45) is 1.19. The Labute approximate surface area is 155 Å². The summed E-state index contributed by atoms with van der Waals surface area (Å²) < 4.78 is 40.6. The Morgan fingerprint density at radius 3 is 2.73 bits per heavy atom. The standard InChI is InChI=1S/C18H15F3N2OS2/c1-25-17-22-15-14(12-7-2-3-8-13(12)26-15)16(24)23(17)11-6-4-5-10(9-11)18(19,20)21/h4-6,9H,2-3,7-8H2,1H3. The maximum Gasteiger partial charge on any atom is 0.416 e. The number of hydrogen-bond acceptors (Lipinski definition) is 4. The lowest BCUT2D eigenvalue weighted by atomic mass is 9.97. The third-order valence-corrected chi connectivity index (χ3v) is 6.40. The molecule has 0 spiro atoms. The minimum atomic E-state index is -4.46. The van der Waals surface area contributed by atoms with Crippen LogP contribution in [0.3, 0.4) is 0 Å². The zero-order chi connectivity index (χ0) is 18.5. The third kappa shape index (κ3) is 2.85. The Morgan fingerprint density at radius 2 is 2.00 bits per heavy atom. The highest BCUT2D eigenvalue weighted by Crippen LogP contribution is 2.35. The topological polar surface area (TPSA) is 34.9 Å². The van der Waals surface area contributed by atoms with Gasteiger partial charge in [0, 0.05) is 4.88 Å². The van der Waals surface area contributed by atoms with E-state index in [2.05, 4.69) is 4.98 Å². The second-order valence-corrected chi connectivity index (χ2v) is 8.04. The van der Waals surface area contributed by atoms with Crippen LogP contribution in [0.5, 0.6) is 0 Å². The molecule has 2 aromatic heterocycles. The molecule has 4 rings (SSSR count). The van der Waals surface area contributed by atoms with E-state index in [0.29, 0.717) is 15.4 Å². The van der Waals surface area contributed by atoms with E-state index in [-0.39, 0.29) is 11.2 Å². The van der Waals surface area contributed by atoms with Crippen molar-refractivity contribution in [3.05, 3.63) is 50.6 Å². The van der Waals surface area contributed by atoms with Gasteiger partial charge in [0.05, 0.1) is 16.6 Å². The predicted molar refractivity (Wildman–Crippen MR) is 98.6 cm³/mol. The summed E-state index contributed by atoms with van der Waals surface area (Å²) in [6, 6.07) is 4.85. The smallest absolute Gasteiger partial charge is 0.268 e. The number of alkyl halides is 3. The van der Waals surface area contributed by atoms with Crippen LogP contribution >= 0.6 is 23.1 Å². The van der Waals surface area contributed by atoms with Gasteiger partial charge in [-0.15, -0.1) is 11.3 Å². The van der Waals surface area contributed by atoms with Gasteiger partial charge in [-0.3, -0.25) is 9.36 Å². The molecule has 0 saturated heterocycles. The molecule has 8 heteroatoms. The van der Waals surface area contributed by atoms with Crippen LogP contribution in [-0.4, -0.2) is 15.8 Å². The molecule has 0 fully saturated rings. The fraction of sp³-hybridized carbons (Fsp3) is 0.333. The first-order valence-electron chi connectivity index (χ1n) is 8.19. The molecule has 3 aromatic rings. The molecule has 136 valence electrons. The average Bonchev–Trinajstić information content (AvgIpc) is 2.99. The van der Waals surface area contributed by atoms with E-state index in [0.717, 1.165) is 43.4 Å². The molecule has 1 aliphatic carbocycles. The van der Waals surface area contributed by atoms with Gasteiger partial charge in [-0.25, -0.2) is 4.98 Å². The van der Waals surface area contributed by atoms with Gasteiger partial charge in [-0.1, -0.05) is 17.8 Å². The summed E-state index contributed by atoms with van der Waals surface area (Å²) in [4.78, 5) is 19.7. The zero-order valence-corrected chi connectivity index (χ0v) is 15.5. The number of thioether (sulfide) groups is 1. The largest absolute Gasteiger partial charge is 0.416 e. The van der Waals surface area contributed by atoms with Crippen LogP contribution < -0.4 is 5.56 Å². The maximum absolute atomic E-state index is 13.2. The van der Waals surface area contributed by atoms with Crippen LogP contribution in [0, 0.1) is 0 Å². The third-order valence-electron chi connectivity index (χ3n) is 4.57. The molecule has 0 saturated carbocycles. The second-order valence-electron chi connectivity index (χ2n) is 6.18. The summed E-state index contributed by atoms with van der Waals surface area (Å²) in [7, 11) is 0. The van der Waals surface area contributed by atoms with Crippen LogP contribution in [-0.2, 0) is 19.0 Å². The van der Waals surface area contributed by atoms with Crippen molar-refractivity contribution in [1.82, 2.24) is 9.55 Å². The molecule has 0 radical (unpaired) electrons. The number of thiophene rings is 1. The maximum atomic E-state index is 13.2. The molecule has 0 aliphatic heterocycles. The molecule has 2 heterocycles. The molecule has 0 amide bonds. The lowest BCUT2D eigenvalue weighted by Gasteiger charge is -2.14. The van der Waals surface area contributed by atoms with Crippen molar-refractivity contribution >= 4 is 33.3 Å². The van der Waals surface area contributed by atoms with Crippen molar-refractivity contribution in [2.75, 3.05) is 6.26 Å². The summed E-state index contributed by atoms with van der Waals surface area (Å²) >= 11 is 2.79. The highest BCUT2D eigenvalue weighted by Gasteiger charge is 2.31. The number of aromatic nitrogens is 2. The van der Waals surface area contributed by atoms with Gasteiger partial charge in [-0.2, -0.15) is 13.2 Å². The molecular formula is C18H15F3N2OS2. The molecule has 26 heavy (non-hydrogen) atoms. The van der Waals surface area contributed by atoms with Gasteiger partial charge in [0.15, 0.2) is 5.16 Å². The van der Waals surface area contributed by atoms with Crippen LogP contribution in [0.2, 0.25) is 0 Å². The first-order valence-corrected chi connectivity index (χ1v) is 10.2. The number of nitrogens with zero attached hydrogens (tertiary/aromatic N) is 2. The quantitative estimate of drug-likeness (QED) is 0.448. The van der Waals surface area contributed by atoms with Gasteiger partial charge in [-0.05, 0) is 55.7 Å². The fourth-order valence-corrected chi connectivity index (χ4v) is 5.24. The van der Waals surface area contributed by atoms with Crippen LogP contribution in [0.1, 0.15) is 28.8 Å². The number of rotatable bonds is 2. The Balaban J connectivity index is 2.01.